The van der Waals surface area contributed by atoms with Gasteiger partial charge in [-0.15, -0.1) is 0 Å². The van der Waals surface area contributed by atoms with Gasteiger partial charge in [0.05, 0.1) is 13.2 Å². The Morgan fingerprint density at radius 2 is 2.19 bits per heavy atom. The van der Waals surface area contributed by atoms with Gasteiger partial charge >= 0.3 is 0 Å². The number of hydrogen-bond acceptors (Lipinski definition) is 4. The van der Waals surface area contributed by atoms with E-state index in [4.69, 9.17) is 15.2 Å². The number of rotatable bonds is 8. The number of nitrogens with zero attached hydrogens (tertiary/aromatic N) is 1. The average molecular weight is 292 g/mol. The van der Waals surface area contributed by atoms with Crippen LogP contribution in [0.1, 0.15) is 31.0 Å². The predicted octanol–water partition coefficient (Wildman–Crippen LogP) is 2.23. The van der Waals surface area contributed by atoms with E-state index in [1.165, 1.54) is 11.1 Å². The molecule has 1 unspecified atom stereocenters. The highest BCUT2D eigenvalue weighted by molar-refractivity contribution is 5.40. The molecule has 1 atom stereocenters. The van der Waals surface area contributed by atoms with Gasteiger partial charge in [-0.05, 0) is 23.1 Å². The third-order valence-electron chi connectivity index (χ3n) is 3.94. The van der Waals surface area contributed by atoms with Crippen LogP contribution in [0.4, 0.5) is 0 Å². The van der Waals surface area contributed by atoms with Crippen molar-refractivity contribution in [1.82, 2.24) is 4.90 Å². The second-order valence-electron chi connectivity index (χ2n) is 6.10. The lowest BCUT2D eigenvalue weighted by molar-refractivity contribution is 0.112. The monoisotopic (exact) mass is 292 g/mol. The minimum Gasteiger partial charge on any atom is -0.493 e. The van der Waals surface area contributed by atoms with E-state index in [0.717, 1.165) is 38.5 Å². The van der Waals surface area contributed by atoms with Crippen LogP contribution in [0.3, 0.4) is 0 Å². The molecule has 0 radical (unpaired) electrons. The highest BCUT2D eigenvalue weighted by Crippen LogP contribution is 2.30. The molecule has 0 saturated heterocycles. The van der Waals surface area contributed by atoms with Crippen molar-refractivity contribution in [2.24, 2.45) is 11.7 Å². The molecule has 0 amide bonds. The first-order valence-electron chi connectivity index (χ1n) is 7.84. The normalized spacial score (nSPS) is 15.3. The maximum Gasteiger partial charge on any atom is 0.122 e. The molecule has 4 heteroatoms. The second kappa shape index (κ2) is 7.78. The zero-order valence-corrected chi connectivity index (χ0v) is 13.5. The maximum absolute atomic E-state index is 6.08. The molecule has 21 heavy (non-hydrogen) atoms. The number of benzene rings is 1. The first-order chi connectivity index (χ1) is 10.2. The lowest BCUT2D eigenvalue weighted by atomic mass is 10.00. The molecular formula is C17H28N2O2. The van der Waals surface area contributed by atoms with Gasteiger partial charge in [0.25, 0.3) is 0 Å². The van der Waals surface area contributed by atoms with Gasteiger partial charge in [0.15, 0.2) is 0 Å². The minimum atomic E-state index is 0.244. The standard InChI is InChI=1S/C17H28N2O2/c1-13(2)12-19(7-9-20-3)16(11-18)14-4-5-17-15(10-14)6-8-21-17/h4-5,10,13,16H,6-9,11-12,18H2,1-3H3. The Balaban J connectivity index is 2.18. The second-order valence-corrected chi connectivity index (χ2v) is 6.10. The molecule has 4 nitrogen and oxygen atoms in total. The molecule has 0 saturated carbocycles. The fourth-order valence-corrected chi connectivity index (χ4v) is 2.96. The summed E-state index contributed by atoms with van der Waals surface area (Å²) in [5, 5.41) is 0. The van der Waals surface area contributed by atoms with Gasteiger partial charge in [-0.1, -0.05) is 26.0 Å². The van der Waals surface area contributed by atoms with E-state index in [1.54, 1.807) is 7.11 Å². The third-order valence-corrected chi connectivity index (χ3v) is 3.94. The van der Waals surface area contributed by atoms with E-state index < -0.39 is 0 Å². The molecule has 1 aromatic carbocycles. The number of nitrogens with two attached hydrogens (primary N) is 1. The molecule has 1 aliphatic rings. The van der Waals surface area contributed by atoms with Crippen LogP contribution in [-0.4, -0.2) is 44.9 Å². The predicted molar refractivity (Wildman–Crippen MR) is 85.7 cm³/mol. The fraction of sp³-hybridized carbons (Fsp3) is 0.647. The summed E-state index contributed by atoms with van der Waals surface area (Å²) in [6, 6.07) is 6.75. The SMILES string of the molecule is COCCN(CC(C)C)C(CN)c1ccc2c(c1)CCO2. The number of ether oxygens (including phenoxy) is 2. The third kappa shape index (κ3) is 4.19. The summed E-state index contributed by atoms with van der Waals surface area (Å²) >= 11 is 0. The highest BCUT2D eigenvalue weighted by atomic mass is 16.5. The van der Waals surface area contributed by atoms with Crippen LogP contribution in [0.15, 0.2) is 18.2 Å². The zero-order valence-electron chi connectivity index (χ0n) is 13.5. The Bertz CT molecular complexity index is 448. The van der Waals surface area contributed by atoms with E-state index >= 15 is 0 Å². The molecule has 2 rings (SSSR count). The summed E-state index contributed by atoms with van der Waals surface area (Å²) < 4.78 is 10.8. The highest BCUT2D eigenvalue weighted by Gasteiger charge is 2.22. The smallest absolute Gasteiger partial charge is 0.122 e. The van der Waals surface area contributed by atoms with Crippen LogP contribution in [0.2, 0.25) is 0 Å². The van der Waals surface area contributed by atoms with E-state index in [1.807, 2.05) is 0 Å². The van der Waals surface area contributed by atoms with Crippen molar-refractivity contribution in [3.63, 3.8) is 0 Å². The number of hydrogen-bond donors (Lipinski definition) is 1. The lowest BCUT2D eigenvalue weighted by Crippen LogP contribution is -2.38. The molecule has 1 aliphatic heterocycles. The zero-order chi connectivity index (χ0) is 15.2. The van der Waals surface area contributed by atoms with Gasteiger partial charge in [0.1, 0.15) is 5.75 Å². The average Bonchev–Trinajstić information content (AvgIpc) is 2.92. The summed E-state index contributed by atoms with van der Waals surface area (Å²) in [7, 11) is 1.75. The van der Waals surface area contributed by atoms with Crippen molar-refractivity contribution in [2.45, 2.75) is 26.3 Å². The largest absolute Gasteiger partial charge is 0.493 e. The first-order valence-corrected chi connectivity index (χ1v) is 7.84. The van der Waals surface area contributed by atoms with Gasteiger partial charge in [-0.25, -0.2) is 0 Å². The van der Waals surface area contributed by atoms with E-state index in [2.05, 4.69) is 36.9 Å². The summed E-state index contributed by atoms with van der Waals surface area (Å²) in [6.07, 6.45) is 1.00. The Morgan fingerprint density at radius 1 is 1.38 bits per heavy atom. The first kappa shape index (κ1) is 16.3. The quantitative estimate of drug-likeness (QED) is 0.798. The number of methoxy groups -OCH3 is 1. The van der Waals surface area contributed by atoms with Crippen LogP contribution in [0.25, 0.3) is 0 Å². The van der Waals surface area contributed by atoms with Gasteiger partial charge < -0.3 is 15.2 Å². The van der Waals surface area contributed by atoms with Gasteiger partial charge in [0, 0.05) is 39.2 Å². The van der Waals surface area contributed by atoms with Crippen LogP contribution < -0.4 is 10.5 Å². The van der Waals surface area contributed by atoms with E-state index in [-0.39, 0.29) is 6.04 Å². The Hall–Kier alpha value is -1.10. The van der Waals surface area contributed by atoms with Crippen molar-refractivity contribution in [3.05, 3.63) is 29.3 Å². The molecule has 0 fully saturated rings. The Morgan fingerprint density at radius 3 is 2.86 bits per heavy atom. The molecule has 1 heterocycles. The fourth-order valence-electron chi connectivity index (χ4n) is 2.96. The molecule has 0 aromatic heterocycles. The van der Waals surface area contributed by atoms with Crippen LogP contribution >= 0.6 is 0 Å². The van der Waals surface area contributed by atoms with Crippen LogP contribution in [-0.2, 0) is 11.2 Å². The lowest BCUT2D eigenvalue weighted by Gasteiger charge is -2.32. The molecule has 2 N–H and O–H groups in total. The molecule has 118 valence electrons. The molecule has 0 aliphatic carbocycles. The van der Waals surface area contributed by atoms with Crippen molar-refractivity contribution in [3.8, 4) is 5.75 Å². The summed E-state index contributed by atoms with van der Waals surface area (Å²) in [5.41, 5.74) is 8.68. The molecule has 0 bridgehead atoms. The van der Waals surface area contributed by atoms with Crippen molar-refractivity contribution in [1.29, 1.82) is 0 Å². The molecule has 1 aromatic rings. The molecular weight excluding hydrogens is 264 g/mol. The minimum absolute atomic E-state index is 0.244. The Labute approximate surface area is 128 Å². The molecule has 0 spiro atoms. The van der Waals surface area contributed by atoms with Gasteiger partial charge in [-0.2, -0.15) is 0 Å². The van der Waals surface area contributed by atoms with E-state index in [0.29, 0.717) is 12.5 Å². The van der Waals surface area contributed by atoms with Crippen molar-refractivity contribution < 1.29 is 9.47 Å². The van der Waals surface area contributed by atoms with Gasteiger partial charge in [-0.3, -0.25) is 4.90 Å². The Kier molecular flexibility index (Phi) is 6.03. The van der Waals surface area contributed by atoms with Crippen LogP contribution in [0, 0.1) is 5.92 Å². The van der Waals surface area contributed by atoms with Crippen molar-refractivity contribution in [2.75, 3.05) is 40.0 Å². The van der Waals surface area contributed by atoms with E-state index in [9.17, 15) is 0 Å². The van der Waals surface area contributed by atoms with Crippen LogP contribution in [0.5, 0.6) is 5.75 Å². The number of fused-ring (bicyclic) bond motifs is 1. The topological polar surface area (TPSA) is 47.7 Å². The van der Waals surface area contributed by atoms with Gasteiger partial charge in [0.2, 0.25) is 0 Å². The summed E-state index contributed by atoms with van der Waals surface area (Å²) in [4.78, 5) is 2.44. The maximum atomic E-state index is 6.08. The van der Waals surface area contributed by atoms with Crippen molar-refractivity contribution >= 4 is 0 Å². The summed E-state index contributed by atoms with van der Waals surface area (Å²) in [6.45, 7) is 8.57. The summed E-state index contributed by atoms with van der Waals surface area (Å²) in [5.74, 6) is 1.63.